The first-order chi connectivity index (χ1) is 9.10. The van der Waals surface area contributed by atoms with Gasteiger partial charge >= 0.3 is 0 Å². The summed E-state index contributed by atoms with van der Waals surface area (Å²) >= 11 is 5.84. The molecule has 5 heteroatoms. The van der Waals surface area contributed by atoms with Crippen molar-refractivity contribution in [3.63, 3.8) is 0 Å². The molecular formula is C14H16ClN3O. The fourth-order valence-corrected chi connectivity index (χ4v) is 2.01. The van der Waals surface area contributed by atoms with Crippen LogP contribution in [0.3, 0.4) is 0 Å². The van der Waals surface area contributed by atoms with Gasteiger partial charge in [-0.15, -0.1) is 0 Å². The topological polar surface area (TPSA) is 38.2 Å². The van der Waals surface area contributed by atoms with Crippen LogP contribution < -0.4 is 9.64 Å². The third-order valence-corrected chi connectivity index (χ3v) is 3.04. The summed E-state index contributed by atoms with van der Waals surface area (Å²) in [5.41, 5.74) is 2.18. The Morgan fingerprint density at radius 3 is 2.58 bits per heavy atom. The van der Waals surface area contributed by atoms with Crippen LogP contribution in [-0.4, -0.2) is 24.1 Å². The second-order valence-electron chi connectivity index (χ2n) is 4.35. The fraction of sp³-hybridized carbons (Fsp3) is 0.286. The monoisotopic (exact) mass is 277 g/mol. The second kappa shape index (κ2) is 5.89. The third kappa shape index (κ3) is 3.35. The van der Waals surface area contributed by atoms with Crippen molar-refractivity contribution in [2.45, 2.75) is 13.5 Å². The first-order valence-electron chi connectivity index (χ1n) is 5.93. The molecule has 0 saturated heterocycles. The number of rotatable bonds is 4. The van der Waals surface area contributed by atoms with Crippen LogP contribution in [-0.2, 0) is 6.54 Å². The van der Waals surface area contributed by atoms with E-state index in [1.807, 2.05) is 43.1 Å². The molecule has 2 aromatic rings. The minimum absolute atomic E-state index is 0.266. The average Bonchev–Trinajstić information content (AvgIpc) is 2.42. The van der Waals surface area contributed by atoms with Crippen molar-refractivity contribution in [1.29, 1.82) is 0 Å². The van der Waals surface area contributed by atoms with Gasteiger partial charge in [0.2, 0.25) is 5.28 Å². The minimum Gasteiger partial charge on any atom is -0.497 e. The van der Waals surface area contributed by atoms with Crippen molar-refractivity contribution in [2.24, 2.45) is 0 Å². The molecule has 0 saturated carbocycles. The Bertz CT molecular complexity index is 557. The van der Waals surface area contributed by atoms with E-state index in [4.69, 9.17) is 16.3 Å². The van der Waals surface area contributed by atoms with Gasteiger partial charge in [0.1, 0.15) is 11.6 Å². The maximum absolute atomic E-state index is 5.84. The Balaban J connectivity index is 2.15. The number of aryl methyl sites for hydroxylation is 1. The lowest BCUT2D eigenvalue weighted by molar-refractivity contribution is 0.414. The highest BCUT2D eigenvalue weighted by atomic mass is 35.5. The molecule has 0 aliphatic rings. The van der Waals surface area contributed by atoms with Crippen LogP contribution in [0.1, 0.15) is 11.1 Å². The maximum Gasteiger partial charge on any atom is 0.224 e. The number of benzene rings is 1. The lowest BCUT2D eigenvalue weighted by Crippen LogP contribution is -2.19. The Hall–Kier alpha value is -1.81. The summed E-state index contributed by atoms with van der Waals surface area (Å²) < 4.78 is 5.14. The van der Waals surface area contributed by atoms with Gasteiger partial charge in [0, 0.05) is 25.4 Å². The standard InChI is InChI=1S/C14H16ClN3O/c1-10-8-16-14(15)17-13(10)18(2)9-11-4-6-12(19-3)7-5-11/h4-8H,9H2,1-3H3. The quantitative estimate of drug-likeness (QED) is 0.805. The number of hydrogen-bond acceptors (Lipinski definition) is 4. The molecule has 0 atom stereocenters. The van der Waals surface area contributed by atoms with Gasteiger partial charge in [0.25, 0.3) is 0 Å². The fourth-order valence-electron chi connectivity index (χ4n) is 1.88. The number of methoxy groups -OCH3 is 1. The molecule has 0 unspecified atom stereocenters. The molecular weight excluding hydrogens is 262 g/mol. The van der Waals surface area contributed by atoms with Crippen LogP contribution in [0.15, 0.2) is 30.5 Å². The number of aromatic nitrogens is 2. The highest BCUT2D eigenvalue weighted by molar-refractivity contribution is 6.28. The number of ether oxygens (including phenoxy) is 1. The third-order valence-electron chi connectivity index (χ3n) is 2.86. The summed E-state index contributed by atoms with van der Waals surface area (Å²) in [7, 11) is 3.64. The maximum atomic E-state index is 5.84. The van der Waals surface area contributed by atoms with Gasteiger partial charge in [-0.3, -0.25) is 0 Å². The van der Waals surface area contributed by atoms with Gasteiger partial charge < -0.3 is 9.64 Å². The molecule has 100 valence electrons. The number of nitrogens with zero attached hydrogens (tertiary/aromatic N) is 3. The van der Waals surface area contributed by atoms with Crippen LogP contribution in [0.2, 0.25) is 5.28 Å². The summed E-state index contributed by atoms with van der Waals surface area (Å²) in [5.74, 6) is 1.70. The summed E-state index contributed by atoms with van der Waals surface area (Å²) in [6.07, 6.45) is 1.73. The van der Waals surface area contributed by atoms with Crippen LogP contribution in [0.25, 0.3) is 0 Å². The summed E-state index contributed by atoms with van der Waals surface area (Å²) in [5, 5.41) is 0.266. The lowest BCUT2D eigenvalue weighted by atomic mass is 10.2. The number of halogens is 1. The molecule has 0 radical (unpaired) electrons. The van der Waals surface area contributed by atoms with E-state index in [0.717, 1.165) is 23.7 Å². The van der Waals surface area contributed by atoms with Crippen molar-refractivity contribution < 1.29 is 4.74 Å². The Morgan fingerprint density at radius 1 is 1.26 bits per heavy atom. The van der Waals surface area contributed by atoms with Crippen LogP contribution >= 0.6 is 11.6 Å². The van der Waals surface area contributed by atoms with Crippen molar-refractivity contribution in [1.82, 2.24) is 9.97 Å². The average molecular weight is 278 g/mol. The first-order valence-corrected chi connectivity index (χ1v) is 6.31. The minimum atomic E-state index is 0.266. The summed E-state index contributed by atoms with van der Waals surface area (Å²) in [6.45, 7) is 2.72. The second-order valence-corrected chi connectivity index (χ2v) is 4.69. The molecule has 0 aliphatic carbocycles. The van der Waals surface area contributed by atoms with E-state index < -0.39 is 0 Å². The molecule has 0 aliphatic heterocycles. The van der Waals surface area contributed by atoms with Gasteiger partial charge in [-0.05, 0) is 36.2 Å². The molecule has 1 heterocycles. The molecule has 19 heavy (non-hydrogen) atoms. The van der Waals surface area contributed by atoms with Crippen molar-refractivity contribution in [2.75, 3.05) is 19.1 Å². The summed E-state index contributed by atoms with van der Waals surface area (Å²) in [4.78, 5) is 10.3. The summed E-state index contributed by atoms with van der Waals surface area (Å²) in [6, 6.07) is 7.97. The number of hydrogen-bond donors (Lipinski definition) is 0. The van der Waals surface area contributed by atoms with E-state index in [1.54, 1.807) is 13.3 Å². The van der Waals surface area contributed by atoms with E-state index in [9.17, 15) is 0 Å². The molecule has 0 spiro atoms. The van der Waals surface area contributed by atoms with Crippen molar-refractivity contribution in [3.05, 3.63) is 46.9 Å². The van der Waals surface area contributed by atoms with Crippen molar-refractivity contribution >= 4 is 17.4 Å². The molecule has 0 amide bonds. The van der Waals surface area contributed by atoms with Gasteiger partial charge in [-0.1, -0.05) is 12.1 Å². The predicted octanol–water partition coefficient (Wildman–Crippen LogP) is 3.08. The van der Waals surface area contributed by atoms with Crippen molar-refractivity contribution in [3.8, 4) is 5.75 Å². The Kier molecular flexibility index (Phi) is 4.22. The SMILES string of the molecule is COc1ccc(CN(C)c2nc(Cl)ncc2C)cc1. The van der Waals surface area contributed by atoms with Crippen LogP contribution in [0.5, 0.6) is 5.75 Å². The first kappa shape index (κ1) is 13.6. The van der Waals surface area contributed by atoms with Crippen LogP contribution in [0.4, 0.5) is 5.82 Å². The molecule has 4 nitrogen and oxygen atoms in total. The van der Waals surface area contributed by atoms with E-state index in [1.165, 1.54) is 5.56 Å². The normalized spacial score (nSPS) is 10.3. The molecule has 0 fully saturated rings. The molecule has 0 bridgehead atoms. The smallest absolute Gasteiger partial charge is 0.224 e. The molecule has 1 aromatic heterocycles. The largest absolute Gasteiger partial charge is 0.497 e. The Labute approximate surface area is 118 Å². The molecule has 2 rings (SSSR count). The van der Waals surface area contributed by atoms with E-state index in [2.05, 4.69) is 9.97 Å². The zero-order chi connectivity index (χ0) is 13.8. The zero-order valence-corrected chi connectivity index (χ0v) is 12.0. The van der Waals surface area contributed by atoms with E-state index in [-0.39, 0.29) is 5.28 Å². The van der Waals surface area contributed by atoms with Crippen LogP contribution in [0, 0.1) is 6.92 Å². The molecule has 0 N–H and O–H groups in total. The van der Waals surface area contributed by atoms with Gasteiger partial charge in [-0.2, -0.15) is 0 Å². The van der Waals surface area contributed by atoms with E-state index in [0.29, 0.717) is 0 Å². The highest BCUT2D eigenvalue weighted by Gasteiger charge is 2.08. The molecule has 1 aromatic carbocycles. The number of anilines is 1. The predicted molar refractivity (Wildman–Crippen MR) is 76.9 cm³/mol. The van der Waals surface area contributed by atoms with Gasteiger partial charge in [-0.25, -0.2) is 9.97 Å². The van der Waals surface area contributed by atoms with Gasteiger partial charge in [0.15, 0.2) is 0 Å². The highest BCUT2D eigenvalue weighted by Crippen LogP contribution is 2.19. The van der Waals surface area contributed by atoms with E-state index >= 15 is 0 Å². The zero-order valence-electron chi connectivity index (χ0n) is 11.2. The lowest BCUT2D eigenvalue weighted by Gasteiger charge is -2.20. The Morgan fingerprint density at radius 2 is 1.95 bits per heavy atom. The van der Waals surface area contributed by atoms with Gasteiger partial charge in [0.05, 0.1) is 7.11 Å².